The number of nitrogens with zero attached hydrogens (tertiary/aromatic N) is 2. The average Bonchev–Trinajstić information content (AvgIpc) is 2.25. The van der Waals surface area contributed by atoms with E-state index < -0.39 is 0 Å². The zero-order chi connectivity index (χ0) is 12.8. The van der Waals surface area contributed by atoms with E-state index in [0.717, 1.165) is 13.1 Å². The number of likely N-dealkylation sites (tertiary alicyclic amines) is 1. The zero-order valence-corrected chi connectivity index (χ0v) is 11.6. The molecule has 1 amide bonds. The fourth-order valence-electron chi connectivity index (χ4n) is 2.51. The van der Waals surface area contributed by atoms with Crippen molar-refractivity contribution in [2.75, 3.05) is 33.3 Å². The predicted molar refractivity (Wildman–Crippen MR) is 66.8 cm³/mol. The van der Waals surface area contributed by atoms with Crippen molar-refractivity contribution in [1.29, 1.82) is 0 Å². The molecule has 0 aromatic rings. The van der Waals surface area contributed by atoms with Gasteiger partial charge >= 0.3 is 0 Å². The summed E-state index contributed by atoms with van der Waals surface area (Å²) in [6.45, 7) is 11.8. The largest absolute Gasteiger partial charge is 0.366 e. The van der Waals surface area contributed by atoms with Crippen molar-refractivity contribution in [2.45, 2.75) is 39.3 Å². The van der Waals surface area contributed by atoms with Gasteiger partial charge in [0.2, 0.25) is 0 Å². The highest BCUT2D eigenvalue weighted by atomic mass is 16.5. The lowest BCUT2D eigenvalue weighted by Crippen LogP contribution is -2.72. The molecule has 0 aliphatic carbocycles. The molecule has 2 saturated heterocycles. The molecule has 17 heavy (non-hydrogen) atoms. The van der Waals surface area contributed by atoms with Gasteiger partial charge in [-0.05, 0) is 20.9 Å². The fraction of sp³-hybridized carbons (Fsp3) is 0.923. The summed E-state index contributed by atoms with van der Waals surface area (Å²) >= 11 is 0. The van der Waals surface area contributed by atoms with Crippen molar-refractivity contribution in [3.05, 3.63) is 0 Å². The second-order valence-corrected chi connectivity index (χ2v) is 6.49. The van der Waals surface area contributed by atoms with Gasteiger partial charge in [-0.25, -0.2) is 0 Å². The smallest absolute Gasteiger partial charge is 0.253 e. The molecule has 4 nitrogen and oxygen atoms in total. The third-order valence-electron chi connectivity index (χ3n) is 4.70. The lowest BCUT2D eigenvalue weighted by Gasteiger charge is -2.62. The van der Waals surface area contributed by atoms with Crippen LogP contribution in [0.15, 0.2) is 0 Å². The van der Waals surface area contributed by atoms with Gasteiger partial charge in [0.15, 0.2) is 0 Å². The first-order valence-electron chi connectivity index (χ1n) is 6.37. The van der Waals surface area contributed by atoms with E-state index in [9.17, 15) is 4.79 Å². The Bertz CT molecular complexity index is 325. The van der Waals surface area contributed by atoms with E-state index >= 15 is 0 Å². The number of amides is 1. The Morgan fingerprint density at radius 2 is 1.94 bits per heavy atom. The van der Waals surface area contributed by atoms with Crippen molar-refractivity contribution in [2.24, 2.45) is 5.41 Å². The summed E-state index contributed by atoms with van der Waals surface area (Å²) in [5.41, 5.74) is 0.132. The molecule has 2 heterocycles. The fourth-order valence-corrected chi connectivity index (χ4v) is 2.51. The van der Waals surface area contributed by atoms with E-state index in [4.69, 9.17) is 4.74 Å². The van der Waals surface area contributed by atoms with Crippen LogP contribution >= 0.6 is 0 Å². The number of ether oxygens (including phenoxy) is 1. The summed E-state index contributed by atoms with van der Waals surface area (Å²) in [4.78, 5) is 16.5. The maximum absolute atomic E-state index is 12.4. The van der Waals surface area contributed by atoms with E-state index in [0.29, 0.717) is 13.2 Å². The number of hydrogen-bond acceptors (Lipinski definition) is 3. The number of carbonyl (C=O) groups is 1. The van der Waals surface area contributed by atoms with Gasteiger partial charge in [0, 0.05) is 30.6 Å². The molecule has 1 atom stereocenters. The van der Waals surface area contributed by atoms with Crippen LogP contribution in [-0.2, 0) is 9.53 Å². The van der Waals surface area contributed by atoms with Crippen LogP contribution in [-0.4, -0.2) is 60.6 Å². The van der Waals surface area contributed by atoms with Gasteiger partial charge in [0.25, 0.3) is 5.91 Å². The molecular weight excluding hydrogens is 216 g/mol. The molecule has 0 aromatic carbocycles. The molecule has 0 N–H and O–H groups in total. The monoisotopic (exact) mass is 240 g/mol. The Morgan fingerprint density at radius 3 is 2.41 bits per heavy atom. The van der Waals surface area contributed by atoms with E-state index in [1.165, 1.54) is 0 Å². The van der Waals surface area contributed by atoms with Gasteiger partial charge in [0.1, 0.15) is 6.10 Å². The number of likely N-dealkylation sites (N-methyl/N-ethyl adjacent to an activating group) is 1. The minimum atomic E-state index is -0.274. The van der Waals surface area contributed by atoms with Crippen molar-refractivity contribution in [1.82, 2.24) is 9.80 Å². The third-order valence-corrected chi connectivity index (χ3v) is 4.70. The Hall–Kier alpha value is -0.610. The van der Waals surface area contributed by atoms with E-state index in [1.807, 2.05) is 11.9 Å². The Balaban J connectivity index is 2.02. The van der Waals surface area contributed by atoms with Crippen molar-refractivity contribution in [3.63, 3.8) is 0 Å². The van der Waals surface area contributed by atoms with Gasteiger partial charge in [-0.15, -0.1) is 0 Å². The van der Waals surface area contributed by atoms with Crippen molar-refractivity contribution < 1.29 is 9.53 Å². The van der Waals surface area contributed by atoms with Crippen LogP contribution in [0.3, 0.4) is 0 Å². The highest BCUT2D eigenvalue weighted by Gasteiger charge is 2.55. The standard InChI is InChI=1S/C13H24N2O2/c1-12(2)9-15(13(12,3)4)11(16)10-8-14(5)6-7-17-10/h10H,6-9H2,1-5H3. The predicted octanol–water partition coefficient (Wildman–Crippen LogP) is 0.964. The zero-order valence-electron chi connectivity index (χ0n) is 11.6. The summed E-state index contributed by atoms with van der Waals surface area (Å²) in [6, 6.07) is 0. The molecule has 0 bridgehead atoms. The molecule has 2 aliphatic rings. The van der Waals surface area contributed by atoms with Crippen LogP contribution in [0.1, 0.15) is 27.7 Å². The van der Waals surface area contributed by atoms with Gasteiger partial charge in [0.05, 0.1) is 6.61 Å². The van der Waals surface area contributed by atoms with Gasteiger partial charge < -0.3 is 14.5 Å². The molecule has 98 valence electrons. The van der Waals surface area contributed by atoms with Gasteiger partial charge in [-0.3, -0.25) is 4.79 Å². The van der Waals surface area contributed by atoms with Gasteiger partial charge in [-0.1, -0.05) is 13.8 Å². The summed E-state index contributed by atoms with van der Waals surface area (Å²) < 4.78 is 5.60. The molecule has 2 aliphatic heterocycles. The van der Waals surface area contributed by atoms with E-state index in [2.05, 4.69) is 32.6 Å². The molecule has 2 rings (SSSR count). The van der Waals surface area contributed by atoms with Crippen LogP contribution in [0.5, 0.6) is 0 Å². The minimum absolute atomic E-state index is 0.0660. The Kier molecular flexibility index (Phi) is 2.99. The second-order valence-electron chi connectivity index (χ2n) is 6.49. The molecule has 0 spiro atoms. The number of hydrogen-bond donors (Lipinski definition) is 0. The summed E-state index contributed by atoms with van der Waals surface area (Å²) in [5, 5.41) is 0. The molecule has 1 unspecified atom stereocenters. The summed E-state index contributed by atoms with van der Waals surface area (Å²) in [5.74, 6) is 0.154. The van der Waals surface area contributed by atoms with Crippen molar-refractivity contribution in [3.8, 4) is 0 Å². The molecule has 2 fully saturated rings. The maximum atomic E-state index is 12.4. The highest BCUT2D eigenvalue weighted by molar-refractivity contribution is 5.83. The number of rotatable bonds is 1. The molecule has 4 heteroatoms. The average molecular weight is 240 g/mol. The lowest BCUT2D eigenvalue weighted by molar-refractivity contribution is -0.182. The topological polar surface area (TPSA) is 32.8 Å². The van der Waals surface area contributed by atoms with Crippen LogP contribution in [0.25, 0.3) is 0 Å². The molecule has 0 saturated carbocycles. The molecule has 0 aromatic heterocycles. The van der Waals surface area contributed by atoms with Crippen LogP contribution in [0.2, 0.25) is 0 Å². The first-order chi connectivity index (χ1) is 7.75. The van der Waals surface area contributed by atoms with E-state index in [1.54, 1.807) is 0 Å². The molecular formula is C13H24N2O2. The summed E-state index contributed by atoms with van der Waals surface area (Å²) in [7, 11) is 2.04. The summed E-state index contributed by atoms with van der Waals surface area (Å²) in [6.07, 6.45) is -0.274. The number of morpholine rings is 1. The number of carbonyl (C=O) groups excluding carboxylic acids is 1. The SMILES string of the molecule is CN1CCOC(C(=O)N2CC(C)(C)C2(C)C)C1. The Morgan fingerprint density at radius 1 is 1.29 bits per heavy atom. The van der Waals surface area contributed by atoms with Crippen LogP contribution in [0.4, 0.5) is 0 Å². The third kappa shape index (κ3) is 1.97. The van der Waals surface area contributed by atoms with Crippen LogP contribution < -0.4 is 0 Å². The van der Waals surface area contributed by atoms with Crippen LogP contribution in [0, 0.1) is 5.41 Å². The normalized spacial score (nSPS) is 32.1. The van der Waals surface area contributed by atoms with Crippen molar-refractivity contribution >= 4 is 5.91 Å². The maximum Gasteiger partial charge on any atom is 0.253 e. The highest BCUT2D eigenvalue weighted by Crippen LogP contribution is 2.46. The molecule has 0 radical (unpaired) electrons. The first-order valence-corrected chi connectivity index (χ1v) is 6.37. The first kappa shape index (κ1) is 12.8. The quantitative estimate of drug-likeness (QED) is 0.684. The second kappa shape index (κ2) is 3.95. The van der Waals surface area contributed by atoms with E-state index in [-0.39, 0.29) is 23.0 Å². The minimum Gasteiger partial charge on any atom is -0.366 e. The lowest BCUT2D eigenvalue weighted by atomic mass is 9.65. The van der Waals surface area contributed by atoms with Gasteiger partial charge in [-0.2, -0.15) is 0 Å². The Labute approximate surface area is 104 Å².